The predicted octanol–water partition coefficient (Wildman–Crippen LogP) is 2.18. The molecular weight excluding hydrogens is 418 g/mol. The lowest BCUT2D eigenvalue weighted by atomic mass is 9.92. The van der Waals surface area contributed by atoms with Crippen molar-refractivity contribution in [1.29, 1.82) is 0 Å². The number of fused-ring (bicyclic) bond motifs is 3. The van der Waals surface area contributed by atoms with E-state index in [2.05, 4.69) is 21.8 Å². The van der Waals surface area contributed by atoms with Gasteiger partial charge >= 0.3 is 0 Å². The van der Waals surface area contributed by atoms with Crippen LogP contribution >= 0.6 is 0 Å². The molecule has 1 atom stereocenters. The number of hydrogen-bond donors (Lipinski definition) is 0. The van der Waals surface area contributed by atoms with Gasteiger partial charge in [0.25, 0.3) is 5.91 Å². The summed E-state index contributed by atoms with van der Waals surface area (Å²) in [6.07, 6.45) is 4.62. The van der Waals surface area contributed by atoms with Crippen molar-refractivity contribution < 1.29 is 18.3 Å². The maximum atomic E-state index is 14.4. The highest BCUT2D eigenvalue weighted by molar-refractivity contribution is 6.09. The number of benzene rings is 1. The zero-order valence-corrected chi connectivity index (χ0v) is 17.3. The number of anilines is 2. The summed E-state index contributed by atoms with van der Waals surface area (Å²) in [6.45, 7) is 2.62. The molecule has 0 radical (unpaired) electrons. The molecule has 5 rings (SSSR count). The smallest absolute Gasteiger partial charge is 0.267 e. The van der Waals surface area contributed by atoms with Gasteiger partial charge in [0.15, 0.2) is 5.82 Å². The van der Waals surface area contributed by atoms with Crippen LogP contribution in [0.2, 0.25) is 0 Å². The van der Waals surface area contributed by atoms with Crippen molar-refractivity contribution >= 4 is 17.4 Å². The largest absolute Gasteiger partial charge is 0.376 e. The van der Waals surface area contributed by atoms with Gasteiger partial charge in [0.05, 0.1) is 25.0 Å². The Labute approximate surface area is 182 Å². The number of hydrogen-bond acceptors (Lipinski definition) is 6. The molecular formula is C22H18F2N6O2. The van der Waals surface area contributed by atoms with Crippen LogP contribution in [0.25, 0.3) is 17.3 Å². The van der Waals surface area contributed by atoms with Gasteiger partial charge in [-0.1, -0.05) is 5.92 Å². The van der Waals surface area contributed by atoms with Crippen LogP contribution in [0.15, 0.2) is 36.8 Å². The van der Waals surface area contributed by atoms with Gasteiger partial charge in [-0.25, -0.2) is 18.7 Å². The minimum atomic E-state index is -1.18. The van der Waals surface area contributed by atoms with Crippen molar-refractivity contribution in [2.24, 2.45) is 0 Å². The third-order valence-electron chi connectivity index (χ3n) is 5.60. The third-order valence-corrected chi connectivity index (χ3v) is 5.60. The number of carbonyl (C=O) groups excluding carboxylic acids is 1. The molecule has 32 heavy (non-hydrogen) atoms. The highest BCUT2D eigenvalue weighted by Gasteiger charge is 2.52. The topological polar surface area (TPSA) is 76.4 Å². The normalized spacial score (nSPS) is 19.8. The van der Waals surface area contributed by atoms with Gasteiger partial charge in [-0.2, -0.15) is 4.98 Å². The second-order valence-electron chi connectivity index (χ2n) is 7.43. The van der Waals surface area contributed by atoms with E-state index in [1.54, 1.807) is 26.4 Å². The quantitative estimate of drug-likeness (QED) is 0.574. The Morgan fingerprint density at radius 2 is 2.09 bits per heavy atom. The van der Waals surface area contributed by atoms with Crippen molar-refractivity contribution in [3.63, 3.8) is 0 Å². The average Bonchev–Trinajstić information content (AvgIpc) is 3.27. The molecule has 0 bridgehead atoms. The molecule has 0 saturated carbocycles. The molecule has 1 fully saturated rings. The lowest BCUT2D eigenvalue weighted by molar-refractivity contribution is -0.125. The SMILES string of the molecule is CC#CC12COCCN1c1nc(-n3ccnc3-c3ccc(F)cc3F)ncc1N(C)C2=O. The molecule has 3 aromatic rings. The van der Waals surface area contributed by atoms with Crippen LogP contribution in [0, 0.1) is 23.5 Å². The standard InChI is InChI=1S/C22H18F2N6O2/c1-3-6-22-13-32-10-9-30(22)19-17(28(2)20(22)31)12-26-21(27-19)29-8-7-25-18(29)15-5-4-14(23)11-16(15)24/h4-5,7-8,11-12H,9-10,13H2,1-2H3. The average molecular weight is 436 g/mol. The van der Waals surface area contributed by atoms with Gasteiger partial charge in [-0.3, -0.25) is 9.36 Å². The van der Waals surface area contributed by atoms with Gasteiger partial charge in [0.1, 0.15) is 23.1 Å². The van der Waals surface area contributed by atoms with Crippen LogP contribution < -0.4 is 9.80 Å². The van der Waals surface area contributed by atoms with E-state index < -0.39 is 17.2 Å². The monoisotopic (exact) mass is 436 g/mol. The van der Waals surface area contributed by atoms with Gasteiger partial charge < -0.3 is 14.5 Å². The summed E-state index contributed by atoms with van der Waals surface area (Å²) < 4.78 is 34.9. The predicted molar refractivity (Wildman–Crippen MR) is 112 cm³/mol. The highest BCUT2D eigenvalue weighted by Crippen LogP contribution is 2.40. The number of ether oxygens (including phenoxy) is 1. The number of halogens is 2. The molecule has 2 aliphatic rings. The molecule has 1 amide bonds. The summed E-state index contributed by atoms with van der Waals surface area (Å²) in [5.41, 5.74) is -0.535. The molecule has 8 nitrogen and oxygen atoms in total. The second kappa shape index (κ2) is 7.39. The summed E-state index contributed by atoms with van der Waals surface area (Å²) in [5.74, 6) is 5.20. The summed E-state index contributed by atoms with van der Waals surface area (Å²) in [6, 6.07) is 3.28. The Morgan fingerprint density at radius 3 is 2.88 bits per heavy atom. The van der Waals surface area contributed by atoms with Crippen molar-refractivity contribution in [2.75, 3.05) is 36.6 Å². The number of nitrogens with zero attached hydrogens (tertiary/aromatic N) is 6. The van der Waals surface area contributed by atoms with E-state index in [1.165, 1.54) is 21.7 Å². The fraction of sp³-hybridized carbons (Fsp3) is 0.273. The molecule has 162 valence electrons. The van der Waals surface area contributed by atoms with Gasteiger partial charge in [0, 0.05) is 32.1 Å². The van der Waals surface area contributed by atoms with E-state index in [1.807, 2.05) is 4.90 Å². The zero-order valence-electron chi connectivity index (χ0n) is 17.3. The first-order chi connectivity index (χ1) is 15.5. The van der Waals surface area contributed by atoms with E-state index in [9.17, 15) is 13.6 Å². The fourth-order valence-electron chi connectivity index (χ4n) is 4.10. The van der Waals surface area contributed by atoms with Crippen LogP contribution in [0.1, 0.15) is 6.92 Å². The Balaban J connectivity index is 1.66. The van der Waals surface area contributed by atoms with Gasteiger partial charge in [0.2, 0.25) is 11.5 Å². The second-order valence-corrected chi connectivity index (χ2v) is 7.43. The zero-order chi connectivity index (χ0) is 22.5. The molecule has 2 aliphatic heterocycles. The Morgan fingerprint density at radius 1 is 1.25 bits per heavy atom. The van der Waals surface area contributed by atoms with Crippen molar-refractivity contribution in [3.05, 3.63) is 48.4 Å². The number of amides is 1. The van der Waals surface area contributed by atoms with E-state index in [0.29, 0.717) is 24.7 Å². The molecule has 1 unspecified atom stereocenters. The van der Waals surface area contributed by atoms with E-state index in [4.69, 9.17) is 9.72 Å². The van der Waals surface area contributed by atoms with E-state index in [0.717, 1.165) is 12.1 Å². The minimum Gasteiger partial charge on any atom is -0.376 e. The molecule has 1 aromatic carbocycles. The molecule has 0 aliphatic carbocycles. The minimum absolute atomic E-state index is 0.114. The molecule has 10 heteroatoms. The number of carbonyl (C=O) groups is 1. The van der Waals surface area contributed by atoms with E-state index in [-0.39, 0.29) is 29.9 Å². The fourth-order valence-corrected chi connectivity index (χ4v) is 4.10. The first-order valence-corrected chi connectivity index (χ1v) is 9.90. The first kappa shape index (κ1) is 20.1. The number of imidazole rings is 1. The maximum Gasteiger partial charge on any atom is 0.267 e. The maximum absolute atomic E-state index is 14.4. The summed E-state index contributed by atoms with van der Waals surface area (Å²) in [4.78, 5) is 29.8. The van der Waals surface area contributed by atoms with Crippen molar-refractivity contribution in [1.82, 2.24) is 19.5 Å². The third kappa shape index (κ3) is 2.85. The van der Waals surface area contributed by atoms with Crippen LogP contribution in [0.4, 0.5) is 20.3 Å². The number of morpholine rings is 1. The van der Waals surface area contributed by atoms with Crippen LogP contribution in [-0.4, -0.2) is 57.8 Å². The van der Waals surface area contributed by atoms with Gasteiger partial charge in [-0.05, 0) is 19.1 Å². The first-order valence-electron chi connectivity index (χ1n) is 9.90. The lowest BCUT2D eigenvalue weighted by Crippen LogP contribution is -2.67. The van der Waals surface area contributed by atoms with Crippen molar-refractivity contribution in [2.45, 2.75) is 12.5 Å². The Hall–Kier alpha value is -3.84. The Kier molecular flexibility index (Phi) is 4.64. The summed E-state index contributed by atoms with van der Waals surface area (Å²) in [5, 5.41) is 0. The number of rotatable bonds is 2. The highest BCUT2D eigenvalue weighted by atomic mass is 19.1. The molecule has 2 aromatic heterocycles. The van der Waals surface area contributed by atoms with Crippen LogP contribution in [0.3, 0.4) is 0 Å². The molecule has 1 saturated heterocycles. The van der Waals surface area contributed by atoms with Crippen LogP contribution in [-0.2, 0) is 9.53 Å². The van der Waals surface area contributed by atoms with Gasteiger partial charge in [-0.15, -0.1) is 5.92 Å². The van der Waals surface area contributed by atoms with E-state index >= 15 is 0 Å². The molecule has 0 spiro atoms. The van der Waals surface area contributed by atoms with Crippen molar-refractivity contribution in [3.8, 4) is 29.2 Å². The molecule has 0 N–H and O–H groups in total. The van der Waals surface area contributed by atoms with Crippen LogP contribution in [0.5, 0.6) is 0 Å². The summed E-state index contributed by atoms with van der Waals surface area (Å²) >= 11 is 0. The number of aromatic nitrogens is 4. The number of likely N-dealkylation sites (N-methyl/N-ethyl adjacent to an activating group) is 1. The Bertz CT molecular complexity index is 1300. The lowest BCUT2D eigenvalue weighted by Gasteiger charge is -2.48. The molecule has 4 heterocycles. The summed E-state index contributed by atoms with van der Waals surface area (Å²) in [7, 11) is 1.64.